The van der Waals surface area contributed by atoms with Crippen LogP contribution in [0.4, 0.5) is 0 Å². The van der Waals surface area contributed by atoms with E-state index in [1.807, 2.05) is 7.11 Å². The molecule has 0 spiro atoms. The summed E-state index contributed by atoms with van der Waals surface area (Å²) in [5.74, 6) is 2.13. The van der Waals surface area contributed by atoms with E-state index < -0.39 is 0 Å². The molecule has 4 nitrogen and oxygen atoms in total. The van der Waals surface area contributed by atoms with Gasteiger partial charge in [0.25, 0.3) is 0 Å². The highest BCUT2D eigenvalue weighted by molar-refractivity contribution is 5.25. The first-order valence-electron chi connectivity index (χ1n) is 7.20. The van der Waals surface area contributed by atoms with Gasteiger partial charge in [-0.25, -0.2) is 4.98 Å². The number of methoxy groups -OCH3 is 1. The van der Waals surface area contributed by atoms with Gasteiger partial charge in [0, 0.05) is 44.3 Å². The minimum atomic E-state index is 0.474. The van der Waals surface area contributed by atoms with E-state index in [2.05, 4.69) is 9.88 Å². The van der Waals surface area contributed by atoms with Crippen LogP contribution in [0.1, 0.15) is 54.9 Å². The molecule has 1 aliphatic heterocycles. The lowest BCUT2D eigenvalue weighted by atomic mass is 9.88. The van der Waals surface area contributed by atoms with Crippen LogP contribution >= 0.6 is 0 Å². The minimum absolute atomic E-state index is 0.474. The Labute approximate surface area is 108 Å². The molecular formula is C14H21N3O. The number of imidazole rings is 1. The maximum atomic E-state index is 5.43. The SMILES string of the molecule is COC1CC(n2c(C3CC3)nc3c2CCNC3)C1. The monoisotopic (exact) mass is 247 g/mol. The molecule has 0 aromatic carbocycles. The molecule has 0 unspecified atom stereocenters. The van der Waals surface area contributed by atoms with Crippen molar-refractivity contribution < 1.29 is 4.74 Å². The molecule has 2 fully saturated rings. The smallest absolute Gasteiger partial charge is 0.112 e. The van der Waals surface area contributed by atoms with Crippen molar-refractivity contribution in [3.8, 4) is 0 Å². The Kier molecular flexibility index (Phi) is 2.49. The van der Waals surface area contributed by atoms with E-state index >= 15 is 0 Å². The highest BCUT2D eigenvalue weighted by atomic mass is 16.5. The van der Waals surface area contributed by atoms with Crippen molar-refractivity contribution in [3.63, 3.8) is 0 Å². The average Bonchev–Trinajstić information content (AvgIpc) is 3.11. The second kappa shape index (κ2) is 4.07. The van der Waals surface area contributed by atoms with Crippen LogP contribution in [0, 0.1) is 0 Å². The first-order valence-corrected chi connectivity index (χ1v) is 7.20. The summed E-state index contributed by atoms with van der Waals surface area (Å²) >= 11 is 0. The lowest BCUT2D eigenvalue weighted by Crippen LogP contribution is -2.35. The van der Waals surface area contributed by atoms with Crippen LogP contribution < -0.4 is 5.32 Å². The second-order valence-corrected chi connectivity index (χ2v) is 5.92. The summed E-state index contributed by atoms with van der Waals surface area (Å²) in [4.78, 5) is 4.93. The van der Waals surface area contributed by atoms with Gasteiger partial charge in [-0.15, -0.1) is 0 Å². The zero-order valence-electron chi connectivity index (χ0n) is 11.0. The van der Waals surface area contributed by atoms with E-state index in [0.29, 0.717) is 12.1 Å². The Bertz CT molecular complexity index is 458. The largest absolute Gasteiger partial charge is 0.381 e. The third kappa shape index (κ3) is 1.62. The van der Waals surface area contributed by atoms with Gasteiger partial charge in [-0.1, -0.05) is 0 Å². The average molecular weight is 247 g/mol. The summed E-state index contributed by atoms with van der Waals surface area (Å²) in [5, 5.41) is 3.44. The number of aromatic nitrogens is 2. The number of hydrogen-bond donors (Lipinski definition) is 1. The van der Waals surface area contributed by atoms with Crippen LogP contribution in [0.3, 0.4) is 0 Å². The van der Waals surface area contributed by atoms with Crippen molar-refractivity contribution in [1.29, 1.82) is 0 Å². The summed E-state index contributed by atoms with van der Waals surface area (Å²) in [5.41, 5.74) is 2.82. The predicted molar refractivity (Wildman–Crippen MR) is 68.7 cm³/mol. The number of rotatable bonds is 3. The highest BCUT2D eigenvalue weighted by Crippen LogP contribution is 2.45. The van der Waals surface area contributed by atoms with Gasteiger partial charge >= 0.3 is 0 Å². The molecule has 0 bridgehead atoms. The lowest BCUT2D eigenvalue weighted by molar-refractivity contribution is 0.00454. The van der Waals surface area contributed by atoms with Crippen molar-refractivity contribution >= 4 is 0 Å². The topological polar surface area (TPSA) is 39.1 Å². The van der Waals surface area contributed by atoms with Crippen molar-refractivity contribution in [3.05, 3.63) is 17.2 Å². The van der Waals surface area contributed by atoms with Gasteiger partial charge in [0.1, 0.15) is 5.82 Å². The Hall–Kier alpha value is -0.870. The molecule has 2 saturated carbocycles. The zero-order chi connectivity index (χ0) is 12.1. The molecule has 1 N–H and O–H groups in total. The number of nitrogens with one attached hydrogen (secondary N) is 1. The van der Waals surface area contributed by atoms with Gasteiger partial charge in [0.2, 0.25) is 0 Å². The van der Waals surface area contributed by atoms with Crippen LogP contribution in [0.5, 0.6) is 0 Å². The maximum Gasteiger partial charge on any atom is 0.112 e. The normalized spacial score (nSPS) is 30.9. The summed E-state index contributed by atoms with van der Waals surface area (Å²) < 4.78 is 8.02. The van der Waals surface area contributed by atoms with Crippen molar-refractivity contribution in [2.75, 3.05) is 13.7 Å². The van der Waals surface area contributed by atoms with Crippen LogP contribution in [0.2, 0.25) is 0 Å². The number of fused-ring (bicyclic) bond motifs is 1. The molecule has 4 heteroatoms. The quantitative estimate of drug-likeness (QED) is 0.884. The molecule has 3 aliphatic rings. The fraction of sp³-hybridized carbons (Fsp3) is 0.786. The van der Waals surface area contributed by atoms with Crippen LogP contribution in [0.25, 0.3) is 0 Å². The summed E-state index contributed by atoms with van der Waals surface area (Å²) in [7, 11) is 1.83. The van der Waals surface area contributed by atoms with Gasteiger partial charge in [-0.05, 0) is 25.7 Å². The van der Waals surface area contributed by atoms with E-state index in [9.17, 15) is 0 Å². The molecule has 4 rings (SSSR count). The molecular weight excluding hydrogens is 226 g/mol. The molecule has 18 heavy (non-hydrogen) atoms. The molecule has 0 radical (unpaired) electrons. The molecule has 98 valence electrons. The minimum Gasteiger partial charge on any atom is -0.381 e. The van der Waals surface area contributed by atoms with Crippen LogP contribution in [0.15, 0.2) is 0 Å². The van der Waals surface area contributed by atoms with Crippen LogP contribution in [-0.4, -0.2) is 29.3 Å². The van der Waals surface area contributed by atoms with Crippen LogP contribution in [-0.2, 0) is 17.7 Å². The third-order valence-corrected chi connectivity index (χ3v) is 4.66. The molecule has 0 amide bonds. The summed E-state index contributed by atoms with van der Waals surface area (Å²) in [6.07, 6.45) is 6.64. The maximum absolute atomic E-state index is 5.43. The van der Waals surface area contributed by atoms with Gasteiger partial charge in [-0.3, -0.25) is 0 Å². The Balaban J connectivity index is 1.68. The van der Waals surface area contributed by atoms with Gasteiger partial charge in [0.15, 0.2) is 0 Å². The van der Waals surface area contributed by atoms with E-state index in [1.54, 1.807) is 0 Å². The van der Waals surface area contributed by atoms with Crippen molar-refractivity contribution in [2.24, 2.45) is 0 Å². The van der Waals surface area contributed by atoms with E-state index in [-0.39, 0.29) is 0 Å². The summed E-state index contributed by atoms with van der Waals surface area (Å²) in [6, 6.07) is 0.653. The fourth-order valence-electron chi connectivity index (χ4n) is 3.33. The molecule has 2 aliphatic carbocycles. The van der Waals surface area contributed by atoms with Gasteiger partial charge in [-0.2, -0.15) is 0 Å². The molecule has 0 saturated heterocycles. The van der Waals surface area contributed by atoms with Gasteiger partial charge < -0.3 is 14.6 Å². The van der Waals surface area contributed by atoms with E-state index in [0.717, 1.165) is 25.4 Å². The Morgan fingerprint density at radius 1 is 1.33 bits per heavy atom. The summed E-state index contributed by atoms with van der Waals surface area (Å²) in [6.45, 7) is 2.06. The first kappa shape index (κ1) is 11.0. The Morgan fingerprint density at radius 3 is 2.89 bits per heavy atom. The van der Waals surface area contributed by atoms with E-state index in [4.69, 9.17) is 9.72 Å². The van der Waals surface area contributed by atoms with Crippen molar-refractivity contribution in [1.82, 2.24) is 14.9 Å². The number of hydrogen-bond acceptors (Lipinski definition) is 3. The fourth-order valence-corrected chi connectivity index (χ4v) is 3.33. The van der Waals surface area contributed by atoms with E-state index in [1.165, 1.54) is 42.9 Å². The Morgan fingerprint density at radius 2 is 2.17 bits per heavy atom. The van der Waals surface area contributed by atoms with Gasteiger partial charge in [0.05, 0.1) is 11.8 Å². The lowest BCUT2D eigenvalue weighted by Gasteiger charge is -2.37. The molecule has 1 aromatic heterocycles. The zero-order valence-corrected chi connectivity index (χ0v) is 11.0. The predicted octanol–water partition coefficient (Wildman–Crippen LogP) is 1.76. The number of nitrogens with zero attached hydrogens (tertiary/aromatic N) is 2. The molecule has 0 atom stereocenters. The molecule has 1 aromatic rings. The molecule has 2 heterocycles. The third-order valence-electron chi connectivity index (χ3n) is 4.66. The second-order valence-electron chi connectivity index (χ2n) is 5.92. The first-order chi connectivity index (χ1) is 8.86. The number of ether oxygens (including phenoxy) is 1. The van der Waals surface area contributed by atoms with Crippen molar-refractivity contribution in [2.45, 2.75) is 56.7 Å². The highest BCUT2D eigenvalue weighted by Gasteiger charge is 2.38. The standard InChI is InChI=1S/C14H21N3O/c1-18-11-6-10(7-11)17-13-4-5-15-8-12(13)16-14(17)9-2-3-9/h9-11,15H,2-8H2,1H3.